The van der Waals surface area contributed by atoms with Crippen molar-refractivity contribution in [1.82, 2.24) is 19.9 Å². The molecule has 19 heavy (non-hydrogen) atoms. The summed E-state index contributed by atoms with van der Waals surface area (Å²) in [4.78, 5) is 14.7. The van der Waals surface area contributed by atoms with Crippen LogP contribution < -0.4 is 0 Å². The molecule has 2 rings (SSSR count). The zero-order valence-electron chi connectivity index (χ0n) is 11.7. The number of hydrogen-bond acceptors (Lipinski definition) is 5. The van der Waals surface area contributed by atoms with E-state index in [9.17, 15) is 4.79 Å². The zero-order chi connectivity index (χ0) is 13.7. The van der Waals surface area contributed by atoms with Crippen molar-refractivity contribution in [1.29, 1.82) is 0 Å². The summed E-state index contributed by atoms with van der Waals surface area (Å²) in [6, 6.07) is 0. The zero-order valence-corrected chi connectivity index (χ0v) is 11.7. The van der Waals surface area contributed by atoms with Gasteiger partial charge in [-0.3, -0.25) is 9.69 Å². The molecule has 0 aliphatic carbocycles. The molecular formula is C13H22N4O2. The molecule has 106 valence electrons. The summed E-state index contributed by atoms with van der Waals surface area (Å²) in [5.41, 5.74) is 0.560. The monoisotopic (exact) mass is 266 g/mol. The van der Waals surface area contributed by atoms with Gasteiger partial charge in [0.05, 0.1) is 12.8 Å². The molecule has 1 aliphatic rings. The van der Waals surface area contributed by atoms with Crippen LogP contribution in [0.15, 0.2) is 6.20 Å². The van der Waals surface area contributed by atoms with Gasteiger partial charge in [-0.15, -0.1) is 5.10 Å². The van der Waals surface area contributed by atoms with Gasteiger partial charge in [-0.1, -0.05) is 19.1 Å². The van der Waals surface area contributed by atoms with Crippen LogP contribution in [0.25, 0.3) is 0 Å². The third-order valence-electron chi connectivity index (χ3n) is 3.29. The fraction of sp³-hybridized carbons (Fsp3) is 0.769. The fourth-order valence-electron chi connectivity index (χ4n) is 2.37. The summed E-state index contributed by atoms with van der Waals surface area (Å²) in [6.45, 7) is 8.12. The van der Waals surface area contributed by atoms with E-state index in [0.717, 1.165) is 25.9 Å². The van der Waals surface area contributed by atoms with Crippen molar-refractivity contribution >= 4 is 5.78 Å². The quantitative estimate of drug-likeness (QED) is 0.718. The molecule has 1 unspecified atom stereocenters. The average Bonchev–Trinajstić information content (AvgIpc) is 2.87. The van der Waals surface area contributed by atoms with Crippen LogP contribution in [0.4, 0.5) is 0 Å². The minimum Gasteiger partial charge on any atom is -0.367 e. The molecule has 0 N–H and O–H groups in total. The standard InChI is InChI=1S/C13H22N4O2/c1-3-5-16-7-8-19-12(10-16)13(18)11-9-14-15-17(11)6-4-2/h9,12H,3-8,10H2,1-2H3. The first kappa shape index (κ1) is 14.1. The number of rotatable bonds is 6. The molecule has 6 heteroatoms. The second-order valence-electron chi connectivity index (χ2n) is 4.87. The lowest BCUT2D eigenvalue weighted by atomic mass is 10.1. The minimum absolute atomic E-state index is 0.000692. The van der Waals surface area contributed by atoms with Crippen molar-refractivity contribution in [2.24, 2.45) is 0 Å². The number of aryl methyl sites for hydroxylation is 1. The Morgan fingerprint density at radius 2 is 2.21 bits per heavy atom. The van der Waals surface area contributed by atoms with Crippen LogP contribution in [0.5, 0.6) is 0 Å². The Hall–Kier alpha value is -1.27. The first-order valence-corrected chi connectivity index (χ1v) is 7.03. The lowest BCUT2D eigenvalue weighted by Gasteiger charge is -2.31. The van der Waals surface area contributed by atoms with Gasteiger partial charge < -0.3 is 4.74 Å². The summed E-state index contributed by atoms with van der Waals surface area (Å²) >= 11 is 0. The van der Waals surface area contributed by atoms with Crippen molar-refractivity contribution in [2.75, 3.05) is 26.2 Å². The van der Waals surface area contributed by atoms with E-state index in [0.29, 0.717) is 25.4 Å². The summed E-state index contributed by atoms with van der Waals surface area (Å²) in [6.07, 6.45) is 3.18. The molecule has 0 saturated carbocycles. The van der Waals surface area contributed by atoms with E-state index in [-0.39, 0.29) is 11.9 Å². The molecule has 6 nitrogen and oxygen atoms in total. The summed E-state index contributed by atoms with van der Waals surface area (Å²) in [7, 11) is 0. The van der Waals surface area contributed by atoms with E-state index in [1.54, 1.807) is 10.9 Å². The molecule has 1 aromatic rings. The van der Waals surface area contributed by atoms with Crippen LogP contribution >= 0.6 is 0 Å². The molecule has 1 aromatic heterocycles. The third-order valence-corrected chi connectivity index (χ3v) is 3.29. The highest BCUT2D eigenvalue weighted by Crippen LogP contribution is 2.12. The number of carbonyl (C=O) groups excluding carboxylic acids is 1. The van der Waals surface area contributed by atoms with Crippen LogP contribution in [0.2, 0.25) is 0 Å². The van der Waals surface area contributed by atoms with E-state index in [4.69, 9.17) is 4.74 Å². The molecule has 0 amide bonds. The maximum absolute atomic E-state index is 12.5. The number of nitrogens with zero attached hydrogens (tertiary/aromatic N) is 4. The Balaban J connectivity index is 2.04. The summed E-state index contributed by atoms with van der Waals surface area (Å²) in [5, 5.41) is 7.79. The van der Waals surface area contributed by atoms with E-state index in [1.807, 2.05) is 0 Å². The summed E-state index contributed by atoms with van der Waals surface area (Å²) < 4.78 is 7.28. The highest BCUT2D eigenvalue weighted by atomic mass is 16.5. The van der Waals surface area contributed by atoms with Gasteiger partial charge in [0.1, 0.15) is 11.8 Å². The van der Waals surface area contributed by atoms with Gasteiger partial charge in [-0.25, -0.2) is 4.68 Å². The van der Waals surface area contributed by atoms with Crippen molar-refractivity contribution in [2.45, 2.75) is 39.3 Å². The maximum Gasteiger partial charge on any atom is 0.212 e. The van der Waals surface area contributed by atoms with Crippen LogP contribution in [0.3, 0.4) is 0 Å². The van der Waals surface area contributed by atoms with E-state index >= 15 is 0 Å². The van der Waals surface area contributed by atoms with Crippen LogP contribution in [-0.4, -0.2) is 58.0 Å². The molecule has 0 spiro atoms. The van der Waals surface area contributed by atoms with Gasteiger partial charge in [0.15, 0.2) is 0 Å². The maximum atomic E-state index is 12.5. The number of hydrogen-bond donors (Lipinski definition) is 0. The number of Topliss-reactive ketones (excluding diaryl/α,β-unsaturated/α-hetero) is 1. The Morgan fingerprint density at radius 3 is 2.95 bits per heavy atom. The smallest absolute Gasteiger partial charge is 0.212 e. The topological polar surface area (TPSA) is 60.2 Å². The predicted molar refractivity (Wildman–Crippen MR) is 71.1 cm³/mol. The molecule has 1 aliphatic heterocycles. The van der Waals surface area contributed by atoms with E-state index in [2.05, 4.69) is 29.1 Å². The Kier molecular flexibility index (Phi) is 5.04. The highest BCUT2D eigenvalue weighted by Gasteiger charge is 2.29. The fourth-order valence-corrected chi connectivity index (χ4v) is 2.37. The molecular weight excluding hydrogens is 244 g/mol. The second kappa shape index (κ2) is 6.77. The first-order valence-electron chi connectivity index (χ1n) is 7.03. The normalized spacial score (nSPS) is 20.6. The van der Waals surface area contributed by atoms with Crippen molar-refractivity contribution < 1.29 is 9.53 Å². The number of aromatic nitrogens is 3. The molecule has 0 bridgehead atoms. The van der Waals surface area contributed by atoms with Crippen LogP contribution in [0.1, 0.15) is 37.2 Å². The number of ether oxygens (including phenoxy) is 1. The van der Waals surface area contributed by atoms with Gasteiger partial charge in [0.25, 0.3) is 0 Å². The molecule has 1 fully saturated rings. The largest absolute Gasteiger partial charge is 0.367 e. The average molecular weight is 266 g/mol. The van der Waals surface area contributed by atoms with Gasteiger partial charge in [0, 0.05) is 19.6 Å². The Labute approximate surface area is 113 Å². The Bertz CT molecular complexity index is 417. The van der Waals surface area contributed by atoms with Crippen LogP contribution in [0, 0.1) is 0 Å². The minimum atomic E-state index is -0.380. The number of carbonyl (C=O) groups is 1. The molecule has 1 atom stereocenters. The van der Waals surface area contributed by atoms with Crippen molar-refractivity contribution in [3.8, 4) is 0 Å². The molecule has 2 heterocycles. The van der Waals surface area contributed by atoms with Gasteiger partial charge in [0.2, 0.25) is 5.78 Å². The van der Waals surface area contributed by atoms with Gasteiger partial charge in [-0.05, 0) is 19.4 Å². The molecule has 0 radical (unpaired) electrons. The van der Waals surface area contributed by atoms with Crippen molar-refractivity contribution in [3.05, 3.63) is 11.9 Å². The lowest BCUT2D eigenvalue weighted by Crippen LogP contribution is -2.46. The molecule has 1 saturated heterocycles. The predicted octanol–water partition coefficient (Wildman–Crippen LogP) is 0.982. The SMILES string of the molecule is CCCN1CCOC(C(=O)c2cnnn2CCC)C1. The number of ketones is 1. The van der Waals surface area contributed by atoms with E-state index < -0.39 is 0 Å². The highest BCUT2D eigenvalue weighted by molar-refractivity contribution is 5.98. The third kappa shape index (κ3) is 3.39. The number of morpholine rings is 1. The first-order chi connectivity index (χ1) is 9.26. The molecule has 0 aromatic carbocycles. The lowest BCUT2D eigenvalue weighted by molar-refractivity contribution is -0.0168. The second-order valence-corrected chi connectivity index (χ2v) is 4.87. The Morgan fingerprint density at radius 1 is 1.42 bits per heavy atom. The van der Waals surface area contributed by atoms with Gasteiger partial charge in [-0.2, -0.15) is 0 Å². The van der Waals surface area contributed by atoms with Gasteiger partial charge >= 0.3 is 0 Å². The summed E-state index contributed by atoms with van der Waals surface area (Å²) in [5.74, 6) is -0.000692. The van der Waals surface area contributed by atoms with Crippen molar-refractivity contribution in [3.63, 3.8) is 0 Å². The van der Waals surface area contributed by atoms with E-state index in [1.165, 1.54) is 0 Å². The van der Waals surface area contributed by atoms with Crippen LogP contribution in [-0.2, 0) is 11.3 Å².